The van der Waals surface area contributed by atoms with Gasteiger partial charge >= 0.3 is 0 Å². The van der Waals surface area contributed by atoms with Gasteiger partial charge in [0.2, 0.25) is 0 Å². The van der Waals surface area contributed by atoms with E-state index in [1.165, 1.54) is 31.2 Å². The maximum Gasteiger partial charge on any atom is 0.132 e. The standard InChI is InChI=1S/C18H21ClN2/c1-13-11-15(12-20-18(13)19)21-17-10-6-5-9-16(17)14-7-3-2-4-8-14/h2-4,7-8,11-12,16-17,21H,5-6,9-10H2,1H3. The van der Waals surface area contributed by atoms with E-state index in [2.05, 4.69) is 46.7 Å². The zero-order valence-corrected chi connectivity index (χ0v) is 13.1. The Morgan fingerprint density at radius 2 is 1.90 bits per heavy atom. The van der Waals surface area contributed by atoms with Gasteiger partial charge in [-0.25, -0.2) is 4.98 Å². The summed E-state index contributed by atoms with van der Waals surface area (Å²) in [6, 6.07) is 13.4. The zero-order valence-electron chi connectivity index (χ0n) is 12.3. The van der Waals surface area contributed by atoms with Gasteiger partial charge in [0.15, 0.2) is 0 Å². The van der Waals surface area contributed by atoms with E-state index in [9.17, 15) is 0 Å². The Hall–Kier alpha value is -1.54. The quantitative estimate of drug-likeness (QED) is 0.790. The fourth-order valence-electron chi connectivity index (χ4n) is 3.25. The molecule has 2 atom stereocenters. The zero-order chi connectivity index (χ0) is 14.7. The number of pyridine rings is 1. The molecule has 3 heteroatoms. The summed E-state index contributed by atoms with van der Waals surface area (Å²) in [7, 11) is 0. The fraction of sp³-hybridized carbons (Fsp3) is 0.389. The van der Waals surface area contributed by atoms with Gasteiger partial charge in [0, 0.05) is 12.0 Å². The number of hydrogen-bond acceptors (Lipinski definition) is 2. The molecule has 1 aromatic carbocycles. The first-order valence-electron chi connectivity index (χ1n) is 7.67. The van der Waals surface area contributed by atoms with Crippen molar-refractivity contribution >= 4 is 17.3 Å². The largest absolute Gasteiger partial charge is 0.380 e. The van der Waals surface area contributed by atoms with Crippen molar-refractivity contribution in [1.29, 1.82) is 0 Å². The third-order valence-corrected chi connectivity index (χ3v) is 4.76. The lowest BCUT2D eigenvalue weighted by molar-refractivity contribution is 0.405. The molecule has 3 rings (SSSR count). The summed E-state index contributed by atoms with van der Waals surface area (Å²) in [6.07, 6.45) is 6.91. The lowest BCUT2D eigenvalue weighted by Gasteiger charge is -2.33. The molecule has 2 aromatic rings. The van der Waals surface area contributed by atoms with E-state index < -0.39 is 0 Å². The van der Waals surface area contributed by atoms with Gasteiger partial charge in [0.25, 0.3) is 0 Å². The maximum atomic E-state index is 6.01. The second-order valence-electron chi connectivity index (χ2n) is 5.88. The highest BCUT2D eigenvalue weighted by Gasteiger charge is 2.26. The molecule has 110 valence electrons. The van der Waals surface area contributed by atoms with Crippen LogP contribution < -0.4 is 5.32 Å². The Morgan fingerprint density at radius 1 is 1.14 bits per heavy atom. The van der Waals surface area contributed by atoms with Crippen molar-refractivity contribution in [1.82, 2.24) is 4.98 Å². The molecule has 0 aliphatic heterocycles. The van der Waals surface area contributed by atoms with Crippen LogP contribution in [0.5, 0.6) is 0 Å². The van der Waals surface area contributed by atoms with Gasteiger partial charge in [-0.2, -0.15) is 0 Å². The molecular formula is C18H21ClN2. The van der Waals surface area contributed by atoms with Gasteiger partial charge in [-0.15, -0.1) is 0 Å². The number of nitrogens with zero attached hydrogens (tertiary/aromatic N) is 1. The predicted octanol–water partition coefficient (Wildman–Crippen LogP) is 5.18. The van der Waals surface area contributed by atoms with E-state index in [4.69, 9.17) is 11.6 Å². The summed E-state index contributed by atoms with van der Waals surface area (Å²) in [6.45, 7) is 2.00. The molecule has 21 heavy (non-hydrogen) atoms. The maximum absolute atomic E-state index is 6.01. The van der Waals surface area contributed by atoms with Crippen LogP contribution in [0.15, 0.2) is 42.6 Å². The van der Waals surface area contributed by atoms with E-state index in [0.717, 1.165) is 11.3 Å². The minimum Gasteiger partial charge on any atom is -0.380 e. The summed E-state index contributed by atoms with van der Waals surface area (Å²) in [5.74, 6) is 0.580. The summed E-state index contributed by atoms with van der Waals surface area (Å²) in [5.41, 5.74) is 3.53. The highest BCUT2D eigenvalue weighted by molar-refractivity contribution is 6.30. The molecule has 1 heterocycles. The second kappa shape index (κ2) is 6.48. The third-order valence-electron chi connectivity index (χ3n) is 4.36. The smallest absolute Gasteiger partial charge is 0.132 e. The summed E-state index contributed by atoms with van der Waals surface area (Å²) in [5, 5.41) is 4.26. The first kappa shape index (κ1) is 14.4. The van der Waals surface area contributed by atoms with Gasteiger partial charge in [0.1, 0.15) is 5.15 Å². The lowest BCUT2D eigenvalue weighted by atomic mass is 9.80. The highest BCUT2D eigenvalue weighted by Crippen LogP contribution is 2.35. The summed E-state index contributed by atoms with van der Waals surface area (Å²) < 4.78 is 0. The second-order valence-corrected chi connectivity index (χ2v) is 6.24. The minimum atomic E-state index is 0.475. The topological polar surface area (TPSA) is 24.9 Å². The number of aromatic nitrogens is 1. The molecule has 0 radical (unpaired) electrons. The number of rotatable bonds is 3. The summed E-state index contributed by atoms with van der Waals surface area (Å²) in [4.78, 5) is 4.24. The van der Waals surface area contributed by atoms with Gasteiger partial charge in [-0.05, 0) is 37.0 Å². The average molecular weight is 301 g/mol. The Bertz CT molecular complexity index is 597. The molecule has 0 bridgehead atoms. The van der Waals surface area contributed by atoms with E-state index in [-0.39, 0.29) is 0 Å². The van der Waals surface area contributed by atoms with Gasteiger partial charge in [-0.3, -0.25) is 0 Å². The van der Waals surface area contributed by atoms with Crippen LogP contribution in [0.3, 0.4) is 0 Å². The number of aryl methyl sites for hydroxylation is 1. The van der Waals surface area contributed by atoms with Crippen molar-refractivity contribution in [3.63, 3.8) is 0 Å². The van der Waals surface area contributed by atoms with Crippen molar-refractivity contribution in [2.75, 3.05) is 5.32 Å². The molecule has 1 saturated carbocycles. The number of hydrogen-bond donors (Lipinski definition) is 1. The highest BCUT2D eigenvalue weighted by atomic mass is 35.5. The van der Waals surface area contributed by atoms with Crippen molar-refractivity contribution in [2.45, 2.75) is 44.6 Å². The lowest BCUT2D eigenvalue weighted by Crippen LogP contribution is -2.30. The van der Waals surface area contributed by atoms with Crippen LogP contribution in [0.1, 0.15) is 42.7 Å². The number of nitrogens with one attached hydrogen (secondary N) is 1. The molecule has 1 fully saturated rings. The van der Waals surface area contributed by atoms with Gasteiger partial charge < -0.3 is 5.32 Å². The SMILES string of the molecule is Cc1cc(NC2CCCCC2c2ccccc2)cnc1Cl. The Morgan fingerprint density at radius 3 is 2.67 bits per heavy atom. The molecule has 1 aliphatic carbocycles. The molecule has 2 nitrogen and oxygen atoms in total. The van der Waals surface area contributed by atoms with E-state index >= 15 is 0 Å². The minimum absolute atomic E-state index is 0.475. The molecular weight excluding hydrogens is 280 g/mol. The van der Waals surface area contributed by atoms with Crippen LogP contribution in [-0.2, 0) is 0 Å². The van der Waals surface area contributed by atoms with Gasteiger partial charge in [-0.1, -0.05) is 54.8 Å². The molecule has 2 unspecified atom stereocenters. The summed E-state index contributed by atoms with van der Waals surface area (Å²) >= 11 is 6.01. The van der Waals surface area contributed by atoms with E-state index in [0.29, 0.717) is 17.1 Å². The number of halogens is 1. The van der Waals surface area contributed by atoms with Crippen LogP contribution in [0.2, 0.25) is 5.15 Å². The molecule has 1 aromatic heterocycles. The van der Waals surface area contributed by atoms with Crippen molar-refractivity contribution in [3.05, 3.63) is 58.9 Å². The van der Waals surface area contributed by atoms with Crippen LogP contribution in [0.4, 0.5) is 5.69 Å². The van der Waals surface area contributed by atoms with Crippen LogP contribution in [0, 0.1) is 6.92 Å². The number of anilines is 1. The molecule has 1 N–H and O–H groups in total. The van der Waals surface area contributed by atoms with Gasteiger partial charge in [0.05, 0.1) is 11.9 Å². The fourth-order valence-corrected chi connectivity index (χ4v) is 3.36. The van der Waals surface area contributed by atoms with Crippen LogP contribution in [-0.4, -0.2) is 11.0 Å². The Labute approximate surface area is 131 Å². The monoisotopic (exact) mass is 300 g/mol. The Balaban J connectivity index is 1.79. The van der Waals surface area contributed by atoms with E-state index in [1.54, 1.807) is 0 Å². The number of benzene rings is 1. The average Bonchev–Trinajstić information content (AvgIpc) is 2.52. The molecule has 0 spiro atoms. The van der Waals surface area contributed by atoms with Crippen molar-refractivity contribution < 1.29 is 0 Å². The third kappa shape index (κ3) is 3.38. The first-order chi connectivity index (χ1) is 10.2. The molecule has 0 saturated heterocycles. The van der Waals surface area contributed by atoms with E-state index in [1.807, 2.05) is 13.1 Å². The molecule has 1 aliphatic rings. The predicted molar refractivity (Wildman–Crippen MR) is 89.0 cm³/mol. The van der Waals surface area contributed by atoms with Crippen LogP contribution in [0.25, 0.3) is 0 Å². The van der Waals surface area contributed by atoms with Crippen molar-refractivity contribution in [2.24, 2.45) is 0 Å². The normalized spacial score (nSPS) is 22.0. The first-order valence-corrected chi connectivity index (χ1v) is 8.05. The van der Waals surface area contributed by atoms with Crippen molar-refractivity contribution in [3.8, 4) is 0 Å². The van der Waals surface area contributed by atoms with Crippen LogP contribution >= 0.6 is 11.6 Å². The molecule has 0 amide bonds. The Kier molecular flexibility index (Phi) is 4.45.